The molecular formula is C13H18FN3O. The Labute approximate surface area is 106 Å². The lowest BCUT2D eigenvalue weighted by Gasteiger charge is -2.30. The van der Waals surface area contributed by atoms with Gasteiger partial charge in [-0.05, 0) is 51.2 Å². The fraction of sp³-hybridized carbons (Fsp3) is 0.462. The minimum atomic E-state index is -0.738. The van der Waals surface area contributed by atoms with Gasteiger partial charge >= 0.3 is 0 Å². The Morgan fingerprint density at radius 2 is 2.11 bits per heavy atom. The number of primary amides is 1. The molecule has 1 saturated heterocycles. The van der Waals surface area contributed by atoms with E-state index < -0.39 is 11.7 Å². The standard InChI is InChI=1S/C13H18FN3O/c1-17-6-4-9(5-7-17)16-10-2-3-11(13(15)18)12(14)8-10/h2-3,8-9,16H,4-7H2,1H3,(H2,15,18). The van der Waals surface area contributed by atoms with Crippen molar-refractivity contribution in [1.29, 1.82) is 0 Å². The smallest absolute Gasteiger partial charge is 0.251 e. The Kier molecular flexibility index (Phi) is 3.81. The number of nitrogens with one attached hydrogen (secondary N) is 1. The number of carbonyl (C=O) groups is 1. The van der Waals surface area contributed by atoms with Crippen LogP contribution in [0.25, 0.3) is 0 Å². The molecule has 1 amide bonds. The Bertz CT molecular complexity index is 442. The van der Waals surface area contributed by atoms with Crippen LogP contribution in [0.1, 0.15) is 23.2 Å². The maximum absolute atomic E-state index is 13.6. The molecule has 1 aromatic carbocycles. The highest BCUT2D eigenvalue weighted by Gasteiger charge is 2.17. The molecule has 1 fully saturated rings. The van der Waals surface area contributed by atoms with Gasteiger partial charge in [-0.15, -0.1) is 0 Å². The molecule has 2 rings (SSSR count). The molecule has 5 heteroatoms. The zero-order valence-electron chi connectivity index (χ0n) is 10.4. The molecule has 0 aromatic heterocycles. The quantitative estimate of drug-likeness (QED) is 0.854. The number of nitrogens with two attached hydrogens (primary N) is 1. The molecule has 0 spiro atoms. The second-order valence-electron chi connectivity index (χ2n) is 4.78. The summed E-state index contributed by atoms with van der Waals surface area (Å²) >= 11 is 0. The van der Waals surface area contributed by atoms with Crippen molar-refractivity contribution >= 4 is 11.6 Å². The maximum Gasteiger partial charge on any atom is 0.251 e. The molecule has 4 nitrogen and oxygen atoms in total. The fourth-order valence-electron chi connectivity index (χ4n) is 2.19. The first-order chi connectivity index (χ1) is 8.56. The van der Waals surface area contributed by atoms with Crippen molar-refractivity contribution in [1.82, 2.24) is 4.90 Å². The van der Waals surface area contributed by atoms with Crippen LogP contribution in [0.2, 0.25) is 0 Å². The van der Waals surface area contributed by atoms with E-state index in [1.54, 1.807) is 6.07 Å². The third kappa shape index (κ3) is 2.98. The largest absolute Gasteiger partial charge is 0.382 e. The topological polar surface area (TPSA) is 58.4 Å². The van der Waals surface area contributed by atoms with E-state index in [4.69, 9.17) is 5.73 Å². The van der Waals surface area contributed by atoms with Gasteiger partial charge in [0, 0.05) is 11.7 Å². The number of likely N-dealkylation sites (tertiary alicyclic amines) is 1. The summed E-state index contributed by atoms with van der Waals surface area (Å²) in [7, 11) is 2.09. The molecule has 0 radical (unpaired) electrons. The highest BCUT2D eigenvalue weighted by molar-refractivity contribution is 5.93. The molecule has 1 aliphatic heterocycles. The van der Waals surface area contributed by atoms with E-state index in [1.165, 1.54) is 12.1 Å². The van der Waals surface area contributed by atoms with Crippen molar-refractivity contribution in [3.05, 3.63) is 29.6 Å². The van der Waals surface area contributed by atoms with Gasteiger partial charge in [-0.25, -0.2) is 4.39 Å². The third-order valence-corrected chi connectivity index (χ3v) is 3.32. The van der Waals surface area contributed by atoms with Gasteiger partial charge in [0.15, 0.2) is 0 Å². The van der Waals surface area contributed by atoms with Crippen molar-refractivity contribution in [2.45, 2.75) is 18.9 Å². The predicted octanol–water partition coefficient (Wildman–Crippen LogP) is 1.43. The SMILES string of the molecule is CN1CCC(Nc2ccc(C(N)=O)c(F)c2)CC1. The minimum Gasteiger partial charge on any atom is -0.382 e. The van der Waals surface area contributed by atoms with E-state index in [-0.39, 0.29) is 5.56 Å². The van der Waals surface area contributed by atoms with Gasteiger partial charge in [0.25, 0.3) is 5.91 Å². The number of halogens is 1. The Balaban J connectivity index is 2.02. The Hall–Kier alpha value is -1.62. The van der Waals surface area contributed by atoms with Gasteiger partial charge < -0.3 is 16.0 Å². The van der Waals surface area contributed by atoms with E-state index >= 15 is 0 Å². The van der Waals surface area contributed by atoms with Gasteiger partial charge in [-0.1, -0.05) is 0 Å². The number of amides is 1. The zero-order valence-corrected chi connectivity index (χ0v) is 10.4. The van der Waals surface area contributed by atoms with Crippen LogP contribution in [0, 0.1) is 5.82 Å². The Morgan fingerprint density at radius 1 is 1.44 bits per heavy atom. The molecule has 98 valence electrons. The zero-order chi connectivity index (χ0) is 13.1. The fourth-order valence-corrected chi connectivity index (χ4v) is 2.19. The molecule has 18 heavy (non-hydrogen) atoms. The van der Waals surface area contributed by atoms with Crippen LogP contribution in [-0.2, 0) is 0 Å². The van der Waals surface area contributed by atoms with Gasteiger partial charge in [-0.3, -0.25) is 4.79 Å². The average molecular weight is 251 g/mol. The first kappa shape index (κ1) is 12.8. The molecule has 0 atom stereocenters. The van der Waals surface area contributed by atoms with Crippen LogP contribution < -0.4 is 11.1 Å². The highest BCUT2D eigenvalue weighted by Crippen LogP contribution is 2.18. The van der Waals surface area contributed by atoms with Crippen molar-refractivity contribution < 1.29 is 9.18 Å². The number of benzene rings is 1. The van der Waals surface area contributed by atoms with E-state index in [1.807, 2.05) is 0 Å². The number of hydrogen-bond acceptors (Lipinski definition) is 3. The summed E-state index contributed by atoms with van der Waals surface area (Å²) in [6, 6.07) is 4.81. The number of hydrogen-bond donors (Lipinski definition) is 2. The van der Waals surface area contributed by atoms with Gasteiger partial charge in [0.2, 0.25) is 0 Å². The molecule has 1 aromatic rings. The molecule has 0 unspecified atom stereocenters. The summed E-state index contributed by atoms with van der Waals surface area (Å²) in [5.41, 5.74) is 5.69. The van der Waals surface area contributed by atoms with Gasteiger partial charge in [0.1, 0.15) is 5.82 Å². The summed E-state index contributed by atoms with van der Waals surface area (Å²) in [6.45, 7) is 2.08. The number of piperidine rings is 1. The molecule has 3 N–H and O–H groups in total. The van der Waals surface area contributed by atoms with Crippen molar-refractivity contribution in [2.24, 2.45) is 5.73 Å². The van der Waals surface area contributed by atoms with Crippen LogP contribution in [0.3, 0.4) is 0 Å². The molecular weight excluding hydrogens is 233 g/mol. The summed E-state index contributed by atoms with van der Waals surface area (Å²) in [4.78, 5) is 13.2. The lowest BCUT2D eigenvalue weighted by Crippen LogP contribution is -2.36. The summed E-state index contributed by atoms with van der Waals surface area (Å²) in [6.07, 6.45) is 2.07. The highest BCUT2D eigenvalue weighted by atomic mass is 19.1. The van der Waals surface area contributed by atoms with Crippen LogP contribution in [0.4, 0.5) is 10.1 Å². The van der Waals surface area contributed by atoms with Gasteiger partial charge in [-0.2, -0.15) is 0 Å². The van der Waals surface area contributed by atoms with Crippen LogP contribution >= 0.6 is 0 Å². The molecule has 1 heterocycles. The molecule has 0 bridgehead atoms. The van der Waals surface area contributed by atoms with Crippen molar-refractivity contribution in [3.63, 3.8) is 0 Å². The first-order valence-electron chi connectivity index (χ1n) is 6.10. The lowest BCUT2D eigenvalue weighted by molar-refractivity contribution is 0.0996. The maximum atomic E-state index is 13.6. The number of anilines is 1. The van der Waals surface area contributed by atoms with Crippen molar-refractivity contribution in [2.75, 3.05) is 25.5 Å². The normalized spacial score (nSPS) is 17.7. The lowest BCUT2D eigenvalue weighted by atomic mass is 10.0. The number of nitrogens with zero attached hydrogens (tertiary/aromatic N) is 1. The summed E-state index contributed by atoms with van der Waals surface area (Å²) in [5.74, 6) is -1.31. The second-order valence-corrected chi connectivity index (χ2v) is 4.78. The summed E-state index contributed by atoms with van der Waals surface area (Å²) < 4.78 is 13.6. The van der Waals surface area contributed by atoms with E-state index in [9.17, 15) is 9.18 Å². The van der Waals surface area contributed by atoms with Crippen LogP contribution in [0.5, 0.6) is 0 Å². The third-order valence-electron chi connectivity index (χ3n) is 3.32. The van der Waals surface area contributed by atoms with Gasteiger partial charge in [0.05, 0.1) is 5.56 Å². The second kappa shape index (κ2) is 5.35. The van der Waals surface area contributed by atoms with Crippen molar-refractivity contribution in [3.8, 4) is 0 Å². The molecule has 0 aliphatic carbocycles. The predicted molar refractivity (Wildman–Crippen MR) is 69.1 cm³/mol. The first-order valence-corrected chi connectivity index (χ1v) is 6.10. The van der Waals surface area contributed by atoms with Crippen LogP contribution in [-0.4, -0.2) is 37.0 Å². The monoisotopic (exact) mass is 251 g/mol. The Morgan fingerprint density at radius 3 is 2.67 bits per heavy atom. The van der Waals surface area contributed by atoms with E-state index in [0.717, 1.165) is 25.9 Å². The molecule has 0 saturated carbocycles. The number of rotatable bonds is 3. The molecule has 1 aliphatic rings. The van der Waals surface area contributed by atoms with E-state index in [0.29, 0.717) is 11.7 Å². The summed E-state index contributed by atoms with van der Waals surface area (Å²) in [5, 5.41) is 3.29. The van der Waals surface area contributed by atoms with E-state index in [2.05, 4.69) is 17.3 Å². The number of carbonyl (C=O) groups excluding carboxylic acids is 1. The average Bonchev–Trinajstić information content (AvgIpc) is 2.32. The van der Waals surface area contributed by atoms with Crippen LogP contribution in [0.15, 0.2) is 18.2 Å². The minimum absolute atomic E-state index is 0.0658.